The van der Waals surface area contributed by atoms with Crippen LogP contribution in [0.15, 0.2) is 128 Å². The maximum Gasteiger partial charge on any atom is 0.130 e. The van der Waals surface area contributed by atoms with Gasteiger partial charge in [-0.2, -0.15) is 0 Å². The van der Waals surface area contributed by atoms with Crippen LogP contribution in [0, 0.1) is 29.5 Å². The van der Waals surface area contributed by atoms with Crippen LogP contribution in [0.2, 0.25) is 0 Å². The molecule has 0 aliphatic heterocycles. The molecule has 4 fully saturated rings. The Labute approximate surface area is 382 Å². The van der Waals surface area contributed by atoms with Crippen molar-refractivity contribution in [3.63, 3.8) is 0 Å². The van der Waals surface area contributed by atoms with Crippen molar-refractivity contribution in [3.05, 3.63) is 179 Å². The minimum absolute atomic E-state index is 0.0974. The third-order valence-corrected chi connectivity index (χ3v) is 15.6. The molecule has 8 rings (SSSR count). The van der Waals surface area contributed by atoms with Gasteiger partial charge in [0.15, 0.2) is 0 Å². The Balaban J connectivity index is 0.000000190. The highest BCUT2D eigenvalue weighted by molar-refractivity contribution is 5.71. The highest BCUT2D eigenvalue weighted by Crippen LogP contribution is 2.40. The van der Waals surface area contributed by atoms with Crippen LogP contribution in [0.5, 0.6) is 0 Å². The topological polar surface area (TPSA) is 0 Å². The summed E-state index contributed by atoms with van der Waals surface area (Å²) in [7, 11) is 0. The monoisotopic (exact) mass is 841 g/mol. The van der Waals surface area contributed by atoms with Crippen LogP contribution >= 0.6 is 0 Å². The first-order chi connectivity index (χ1) is 30.9. The second-order valence-electron chi connectivity index (χ2n) is 19.8. The molecule has 0 radical (unpaired) electrons. The predicted octanol–water partition coefficient (Wildman–Crippen LogP) is 18.7. The lowest BCUT2D eigenvalue weighted by Gasteiger charge is -2.28. The average molecular weight is 841 g/mol. The molecule has 4 aromatic carbocycles. The average Bonchev–Trinajstić information content (AvgIpc) is 3.34. The standard InChI is InChI=1S/C32H41F.C30H36/c1-3-5-24-7-14-27(15-8-24)28-16-11-26(12-17-28)13-20-30-21-22-31(23-32(30)33)29-18-9-25(6-4-2)10-19-29;1-3-23-7-15-27(16-8-23)29-19-11-25(12-20-29)5-6-26-13-21-30(22-14-26)28-17-9-24(4-2)10-18-28/h4,6,11-13,16-17,20-25,27,29H,3,5,7-10,14-15,18-19H2,1-2H3;3-6,11-14,19-24,27-28H,1-2,7-10,15-18H2/b6-4?,20-13+;6-5+. The molecule has 0 aromatic heterocycles. The molecule has 0 unspecified atom stereocenters. The molecular formula is C62H77F. The van der Waals surface area contributed by atoms with Crippen molar-refractivity contribution in [2.75, 3.05) is 0 Å². The van der Waals surface area contributed by atoms with Crippen molar-refractivity contribution in [1.82, 2.24) is 0 Å². The summed E-state index contributed by atoms with van der Waals surface area (Å²) in [4.78, 5) is 0. The minimum Gasteiger partial charge on any atom is -0.206 e. The van der Waals surface area contributed by atoms with Crippen LogP contribution in [-0.2, 0) is 0 Å². The predicted molar refractivity (Wildman–Crippen MR) is 272 cm³/mol. The van der Waals surface area contributed by atoms with Gasteiger partial charge in [0.2, 0.25) is 0 Å². The van der Waals surface area contributed by atoms with Gasteiger partial charge < -0.3 is 0 Å². The molecule has 0 spiro atoms. The number of hydrogen-bond donors (Lipinski definition) is 0. The molecule has 0 saturated heterocycles. The lowest BCUT2D eigenvalue weighted by atomic mass is 9.77. The fourth-order valence-electron chi connectivity index (χ4n) is 11.4. The molecule has 1 heteroatoms. The van der Waals surface area contributed by atoms with E-state index in [-0.39, 0.29) is 5.82 Å². The summed E-state index contributed by atoms with van der Waals surface area (Å²) >= 11 is 0. The summed E-state index contributed by atoms with van der Waals surface area (Å²) in [5.41, 5.74) is 10.0. The number of halogens is 1. The van der Waals surface area contributed by atoms with E-state index in [9.17, 15) is 4.39 Å². The van der Waals surface area contributed by atoms with Crippen molar-refractivity contribution < 1.29 is 4.39 Å². The minimum atomic E-state index is -0.0974. The van der Waals surface area contributed by atoms with Crippen molar-refractivity contribution in [3.8, 4) is 0 Å². The first kappa shape index (κ1) is 46.5. The molecule has 4 saturated carbocycles. The van der Waals surface area contributed by atoms with E-state index in [4.69, 9.17) is 0 Å². The van der Waals surface area contributed by atoms with Gasteiger partial charge in [-0.1, -0.05) is 153 Å². The fourth-order valence-corrected chi connectivity index (χ4v) is 11.4. The van der Waals surface area contributed by atoms with E-state index in [1.165, 1.54) is 136 Å². The Kier molecular flexibility index (Phi) is 17.7. The third-order valence-electron chi connectivity index (χ3n) is 15.6. The summed E-state index contributed by atoms with van der Waals surface area (Å²) in [6.45, 7) is 12.3. The van der Waals surface area contributed by atoms with E-state index in [0.29, 0.717) is 23.3 Å². The van der Waals surface area contributed by atoms with Crippen LogP contribution < -0.4 is 0 Å². The molecule has 0 heterocycles. The quantitative estimate of drug-likeness (QED) is 0.0929. The van der Waals surface area contributed by atoms with Gasteiger partial charge in [0.25, 0.3) is 0 Å². The zero-order valence-corrected chi connectivity index (χ0v) is 38.9. The molecule has 63 heavy (non-hydrogen) atoms. The van der Waals surface area contributed by atoms with Crippen LogP contribution in [0.1, 0.15) is 198 Å². The second-order valence-corrected chi connectivity index (χ2v) is 19.8. The second kappa shape index (κ2) is 24.0. The van der Waals surface area contributed by atoms with Gasteiger partial charge in [0.05, 0.1) is 0 Å². The fraction of sp³-hybridized carbons (Fsp3) is 0.452. The Bertz CT molecular complexity index is 1990. The maximum atomic E-state index is 14.8. The van der Waals surface area contributed by atoms with E-state index in [1.807, 2.05) is 18.2 Å². The van der Waals surface area contributed by atoms with E-state index >= 15 is 0 Å². The number of hydrogen-bond acceptors (Lipinski definition) is 0. The van der Waals surface area contributed by atoms with Gasteiger partial charge in [-0.3, -0.25) is 0 Å². The zero-order valence-electron chi connectivity index (χ0n) is 38.9. The zero-order chi connectivity index (χ0) is 43.8. The van der Waals surface area contributed by atoms with Gasteiger partial charge in [-0.25, -0.2) is 4.39 Å². The molecule has 0 nitrogen and oxygen atoms in total. The molecular weight excluding hydrogens is 764 g/mol. The molecule has 4 aromatic rings. The van der Waals surface area contributed by atoms with E-state index in [0.717, 1.165) is 48.0 Å². The van der Waals surface area contributed by atoms with Crippen molar-refractivity contribution >= 4 is 24.3 Å². The lowest BCUT2D eigenvalue weighted by Crippen LogP contribution is -2.13. The van der Waals surface area contributed by atoms with E-state index in [1.54, 1.807) is 6.07 Å². The smallest absolute Gasteiger partial charge is 0.130 e. The molecule has 0 amide bonds. The summed E-state index contributed by atoms with van der Waals surface area (Å²) in [5.74, 6) is 5.71. The van der Waals surface area contributed by atoms with E-state index < -0.39 is 0 Å². The van der Waals surface area contributed by atoms with Crippen molar-refractivity contribution in [1.29, 1.82) is 0 Å². The summed E-state index contributed by atoms with van der Waals surface area (Å²) in [5, 5.41) is 0. The maximum absolute atomic E-state index is 14.8. The van der Waals surface area contributed by atoms with Crippen LogP contribution in [0.3, 0.4) is 0 Å². The first-order valence-electron chi connectivity index (χ1n) is 25.2. The Hall–Kier alpha value is -4.49. The Morgan fingerprint density at radius 3 is 1.21 bits per heavy atom. The molecule has 0 atom stereocenters. The molecule has 4 aliphatic rings. The van der Waals surface area contributed by atoms with Crippen molar-refractivity contribution in [2.24, 2.45) is 23.7 Å². The number of allylic oxidation sites excluding steroid dienone is 4. The Morgan fingerprint density at radius 2 is 0.825 bits per heavy atom. The highest BCUT2D eigenvalue weighted by Gasteiger charge is 2.24. The molecule has 332 valence electrons. The van der Waals surface area contributed by atoms with Gasteiger partial charge in [0, 0.05) is 5.56 Å². The van der Waals surface area contributed by atoms with E-state index in [2.05, 4.69) is 142 Å². The summed E-state index contributed by atoms with van der Waals surface area (Å²) in [6.07, 6.45) is 40.5. The summed E-state index contributed by atoms with van der Waals surface area (Å²) < 4.78 is 14.8. The summed E-state index contributed by atoms with van der Waals surface area (Å²) in [6, 6.07) is 33.3. The molecule has 0 N–H and O–H groups in total. The number of rotatable bonds is 13. The van der Waals surface area contributed by atoms with Gasteiger partial charge >= 0.3 is 0 Å². The van der Waals surface area contributed by atoms with Gasteiger partial charge in [0.1, 0.15) is 5.82 Å². The molecule has 0 bridgehead atoms. The highest BCUT2D eigenvalue weighted by atomic mass is 19.1. The van der Waals surface area contributed by atoms with Crippen LogP contribution in [0.4, 0.5) is 4.39 Å². The molecule has 4 aliphatic carbocycles. The van der Waals surface area contributed by atoms with Crippen molar-refractivity contribution in [2.45, 2.75) is 153 Å². The first-order valence-corrected chi connectivity index (χ1v) is 25.2. The van der Waals surface area contributed by atoms with Gasteiger partial charge in [-0.05, 0) is 202 Å². The SMILES string of the molecule is C=CC1CCC(c2ccc(/C=C/c3ccc(C4CCC(C=C)CC4)cc3)cc2)CC1.CC=CC1CCC(c2ccc(/C=C/c3ccc(C4CCC(CCC)CC4)cc3)c(F)c2)CC1. The third kappa shape index (κ3) is 13.5. The number of benzene rings is 4. The largest absolute Gasteiger partial charge is 0.206 e. The van der Waals surface area contributed by atoms with Crippen LogP contribution in [0.25, 0.3) is 24.3 Å². The Morgan fingerprint density at radius 1 is 0.460 bits per heavy atom. The van der Waals surface area contributed by atoms with Gasteiger partial charge in [-0.15, -0.1) is 13.2 Å². The van der Waals surface area contributed by atoms with Crippen LogP contribution in [-0.4, -0.2) is 0 Å². The normalized spacial score (nSPS) is 26.7. The lowest BCUT2D eigenvalue weighted by molar-refractivity contribution is 0.308.